The molecule has 0 saturated carbocycles. The van der Waals surface area contributed by atoms with Crippen LogP contribution in [-0.2, 0) is 11.3 Å². The molecule has 1 atom stereocenters. The Morgan fingerprint density at radius 1 is 1.23 bits per heavy atom. The van der Waals surface area contributed by atoms with Crippen LogP contribution in [0.3, 0.4) is 0 Å². The van der Waals surface area contributed by atoms with Crippen molar-refractivity contribution >= 4 is 11.7 Å². The van der Waals surface area contributed by atoms with E-state index in [2.05, 4.69) is 5.32 Å². The molecule has 2 aromatic rings. The zero-order valence-electron chi connectivity index (χ0n) is 14.7. The van der Waals surface area contributed by atoms with Crippen LogP contribution in [0.2, 0.25) is 0 Å². The lowest BCUT2D eigenvalue weighted by molar-refractivity contribution is -0.123. The summed E-state index contributed by atoms with van der Waals surface area (Å²) in [6.45, 7) is 1.84. The highest BCUT2D eigenvalue weighted by atomic mass is 19.1. The van der Waals surface area contributed by atoms with Crippen LogP contribution in [0.1, 0.15) is 40.7 Å². The van der Waals surface area contributed by atoms with Crippen molar-refractivity contribution in [3.05, 3.63) is 58.9 Å². The van der Waals surface area contributed by atoms with Crippen LogP contribution >= 0.6 is 0 Å². The second kappa shape index (κ2) is 7.56. The quantitative estimate of drug-likeness (QED) is 0.862. The Morgan fingerprint density at radius 3 is 2.77 bits per heavy atom. The molecule has 0 aliphatic heterocycles. The number of nitrogens with one attached hydrogen (secondary N) is 1. The molecule has 1 aliphatic carbocycles. The van der Waals surface area contributed by atoms with Crippen LogP contribution in [0.5, 0.6) is 11.5 Å². The average Bonchev–Trinajstić information content (AvgIpc) is 2.95. The number of para-hydroxylation sites is 1. The van der Waals surface area contributed by atoms with Gasteiger partial charge in [0.05, 0.1) is 12.7 Å². The molecule has 2 aromatic carbocycles. The number of hydrogen-bond acceptors (Lipinski definition) is 4. The minimum atomic E-state index is -0.411. The first-order chi connectivity index (χ1) is 12.5. The summed E-state index contributed by atoms with van der Waals surface area (Å²) in [4.78, 5) is 24.2. The monoisotopic (exact) mass is 357 g/mol. The molecule has 0 aromatic heterocycles. The fourth-order valence-corrected chi connectivity index (χ4v) is 3.18. The first kappa shape index (κ1) is 17.9. The van der Waals surface area contributed by atoms with E-state index in [4.69, 9.17) is 9.47 Å². The van der Waals surface area contributed by atoms with Crippen molar-refractivity contribution in [1.29, 1.82) is 0 Å². The molecule has 0 unspecified atom stereocenters. The minimum absolute atomic E-state index is 0.156. The van der Waals surface area contributed by atoms with Crippen LogP contribution < -0.4 is 14.8 Å². The third-order valence-electron chi connectivity index (χ3n) is 4.44. The van der Waals surface area contributed by atoms with Crippen LogP contribution in [0.25, 0.3) is 0 Å². The number of rotatable bonds is 6. The fourth-order valence-electron chi connectivity index (χ4n) is 3.18. The Bertz CT molecular complexity index is 850. The lowest BCUT2D eigenvalue weighted by Gasteiger charge is -2.12. The topological polar surface area (TPSA) is 64.6 Å². The normalized spacial score (nSPS) is 15.5. The maximum absolute atomic E-state index is 14.0. The summed E-state index contributed by atoms with van der Waals surface area (Å²) < 4.78 is 24.7. The second-order valence-electron chi connectivity index (χ2n) is 6.24. The minimum Gasteiger partial charge on any atom is -0.496 e. The standard InChI is InChI=1S/C20H20FNO4/c1-12-9-15(23)20-17(8-7-14(21)19(12)20)26-11-18(24)22-10-13-5-3-4-6-16(13)25-2/h3-8,12H,9-11H2,1-2H3,(H,22,24)/t12-/m0/s1. The van der Waals surface area contributed by atoms with Gasteiger partial charge in [0.15, 0.2) is 12.4 Å². The predicted octanol–water partition coefficient (Wildman–Crippen LogP) is 3.22. The van der Waals surface area contributed by atoms with E-state index in [0.29, 0.717) is 17.9 Å². The van der Waals surface area contributed by atoms with Gasteiger partial charge in [-0.2, -0.15) is 0 Å². The molecular weight excluding hydrogens is 337 g/mol. The Labute approximate surface area is 151 Å². The number of methoxy groups -OCH3 is 1. The number of hydrogen-bond donors (Lipinski definition) is 1. The largest absolute Gasteiger partial charge is 0.496 e. The molecule has 136 valence electrons. The molecule has 1 amide bonds. The Kier molecular flexibility index (Phi) is 5.21. The van der Waals surface area contributed by atoms with Crippen molar-refractivity contribution in [1.82, 2.24) is 5.32 Å². The zero-order valence-corrected chi connectivity index (χ0v) is 14.7. The molecule has 0 radical (unpaired) electrons. The number of amides is 1. The first-order valence-electron chi connectivity index (χ1n) is 8.38. The van der Waals surface area contributed by atoms with E-state index < -0.39 is 5.82 Å². The van der Waals surface area contributed by atoms with Gasteiger partial charge in [-0.3, -0.25) is 9.59 Å². The number of carbonyl (C=O) groups excluding carboxylic acids is 2. The van der Waals surface area contributed by atoms with Gasteiger partial charge in [-0.15, -0.1) is 0 Å². The second-order valence-corrected chi connectivity index (χ2v) is 6.24. The summed E-state index contributed by atoms with van der Waals surface area (Å²) >= 11 is 0. The highest BCUT2D eigenvalue weighted by Crippen LogP contribution is 2.39. The predicted molar refractivity (Wildman–Crippen MR) is 94.1 cm³/mol. The lowest BCUT2D eigenvalue weighted by Crippen LogP contribution is -2.28. The highest BCUT2D eigenvalue weighted by molar-refractivity contribution is 6.03. The van der Waals surface area contributed by atoms with Crippen molar-refractivity contribution in [2.75, 3.05) is 13.7 Å². The van der Waals surface area contributed by atoms with E-state index in [1.807, 2.05) is 24.3 Å². The molecule has 0 bridgehead atoms. The van der Waals surface area contributed by atoms with Gasteiger partial charge in [-0.25, -0.2) is 4.39 Å². The van der Waals surface area contributed by atoms with Crippen molar-refractivity contribution in [3.8, 4) is 11.5 Å². The highest BCUT2D eigenvalue weighted by Gasteiger charge is 2.32. The van der Waals surface area contributed by atoms with E-state index in [9.17, 15) is 14.0 Å². The summed E-state index contributed by atoms with van der Waals surface area (Å²) in [5.74, 6) is -0.150. The molecule has 0 heterocycles. The average molecular weight is 357 g/mol. The van der Waals surface area contributed by atoms with E-state index >= 15 is 0 Å². The van der Waals surface area contributed by atoms with Gasteiger partial charge in [0, 0.05) is 24.1 Å². The van der Waals surface area contributed by atoms with E-state index in [1.165, 1.54) is 12.1 Å². The van der Waals surface area contributed by atoms with E-state index in [0.717, 1.165) is 5.56 Å². The number of benzene rings is 2. The van der Waals surface area contributed by atoms with Crippen molar-refractivity contribution in [2.45, 2.75) is 25.8 Å². The fraction of sp³-hybridized carbons (Fsp3) is 0.300. The van der Waals surface area contributed by atoms with Crippen LogP contribution in [0.15, 0.2) is 36.4 Å². The molecular formula is C20H20FNO4. The number of halogens is 1. The number of carbonyl (C=O) groups is 2. The van der Waals surface area contributed by atoms with Gasteiger partial charge >= 0.3 is 0 Å². The van der Waals surface area contributed by atoms with E-state index in [-0.39, 0.29) is 41.9 Å². The van der Waals surface area contributed by atoms with Crippen LogP contribution in [0.4, 0.5) is 4.39 Å². The Morgan fingerprint density at radius 2 is 2.00 bits per heavy atom. The lowest BCUT2D eigenvalue weighted by atomic mass is 10.0. The SMILES string of the molecule is COc1ccccc1CNC(=O)COc1ccc(F)c2c1C(=O)C[C@@H]2C. The third-order valence-corrected chi connectivity index (χ3v) is 4.44. The summed E-state index contributed by atoms with van der Waals surface area (Å²) in [6.07, 6.45) is 0.257. The molecule has 6 heteroatoms. The summed E-state index contributed by atoms with van der Waals surface area (Å²) in [5, 5.41) is 2.74. The van der Waals surface area contributed by atoms with Crippen LogP contribution in [0, 0.1) is 5.82 Å². The maximum atomic E-state index is 14.0. The number of ether oxygens (including phenoxy) is 2. The zero-order chi connectivity index (χ0) is 18.7. The summed E-state index contributed by atoms with van der Waals surface area (Å²) in [7, 11) is 1.57. The number of fused-ring (bicyclic) bond motifs is 1. The van der Waals surface area contributed by atoms with Crippen LogP contribution in [-0.4, -0.2) is 25.4 Å². The third kappa shape index (κ3) is 3.54. The first-order valence-corrected chi connectivity index (χ1v) is 8.38. The van der Waals surface area contributed by atoms with Gasteiger partial charge in [-0.1, -0.05) is 25.1 Å². The molecule has 0 fully saturated rings. The summed E-state index contributed by atoms with van der Waals surface area (Å²) in [6, 6.07) is 10.0. The molecule has 5 nitrogen and oxygen atoms in total. The number of ketones is 1. The number of Topliss-reactive ketones (excluding diaryl/α,β-unsaturated/α-hetero) is 1. The van der Waals surface area contributed by atoms with Gasteiger partial charge < -0.3 is 14.8 Å². The Hall–Kier alpha value is -2.89. The van der Waals surface area contributed by atoms with Crippen molar-refractivity contribution < 1.29 is 23.5 Å². The van der Waals surface area contributed by atoms with Gasteiger partial charge in [0.2, 0.25) is 0 Å². The molecule has 26 heavy (non-hydrogen) atoms. The smallest absolute Gasteiger partial charge is 0.258 e. The molecule has 0 saturated heterocycles. The van der Waals surface area contributed by atoms with E-state index in [1.54, 1.807) is 14.0 Å². The molecule has 3 rings (SSSR count). The molecule has 1 aliphatic rings. The summed E-state index contributed by atoms with van der Waals surface area (Å²) in [5.41, 5.74) is 1.48. The van der Waals surface area contributed by atoms with Gasteiger partial charge in [0.1, 0.15) is 17.3 Å². The molecule has 1 N–H and O–H groups in total. The van der Waals surface area contributed by atoms with Crippen molar-refractivity contribution in [3.63, 3.8) is 0 Å². The molecule has 0 spiro atoms. The van der Waals surface area contributed by atoms with Crippen molar-refractivity contribution in [2.24, 2.45) is 0 Å². The van der Waals surface area contributed by atoms with Gasteiger partial charge in [0.25, 0.3) is 5.91 Å². The van der Waals surface area contributed by atoms with Gasteiger partial charge in [-0.05, 0) is 24.1 Å². The Balaban J connectivity index is 1.63. The maximum Gasteiger partial charge on any atom is 0.258 e.